The van der Waals surface area contributed by atoms with Crippen molar-refractivity contribution in [3.8, 4) is 0 Å². The van der Waals surface area contributed by atoms with E-state index in [4.69, 9.17) is 11.6 Å². The minimum absolute atomic E-state index is 0.130. The molecule has 0 aliphatic heterocycles. The largest absolute Gasteiger partial charge is 0.352 e. The molecule has 0 unspecified atom stereocenters. The van der Waals surface area contributed by atoms with Crippen molar-refractivity contribution < 1.29 is 13.2 Å². The molecule has 0 saturated heterocycles. The lowest BCUT2D eigenvalue weighted by Crippen LogP contribution is -2.26. The van der Waals surface area contributed by atoms with E-state index in [0.717, 1.165) is 12.0 Å². The van der Waals surface area contributed by atoms with Gasteiger partial charge in [0.15, 0.2) is 0 Å². The first-order chi connectivity index (χ1) is 11.9. The Morgan fingerprint density at radius 3 is 2.44 bits per heavy atom. The number of rotatable bonds is 8. The van der Waals surface area contributed by atoms with Gasteiger partial charge in [0.1, 0.15) is 0 Å². The van der Waals surface area contributed by atoms with Crippen LogP contribution in [-0.2, 0) is 16.4 Å². The van der Waals surface area contributed by atoms with Crippen LogP contribution in [0.15, 0.2) is 53.4 Å². The van der Waals surface area contributed by atoms with Crippen molar-refractivity contribution in [1.82, 2.24) is 10.0 Å². The van der Waals surface area contributed by atoms with Gasteiger partial charge >= 0.3 is 0 Å². The average molecular weight is 381 g/mol. The number of sulfonamides is 1. The Hall–Kier alpha value is -1.89. The molecule has 134 valence electrons. The molecule has 0 fully saturated rings. The summed E-state index contributed by atoms with van der Waals surface area (Å²) in [7, 11) is -3.61. The second-order valence-corrected chi connectivity index (χ2v) is 7.76. The molecule has 0 aliphatic carbocycles. The Kier molecular flexibility index (Phi) is 6.99. The van der Waals surface area contributed by atoms with Crippen LogP contribution in [0.25, 0.3) is 0 Å². The van der Waals surface area contributed by atoms with Crippen LogP contribution in [0.4, 0.5) is 0 Å². The molecule has 0 atom stereocenters. The second-order valence-electron chi connectivity index (χ2n) is 5.56. The third kappa shape index (κ3) is 5.85. The van der Waals surface area contributed by atoms with Gasteiger partial charge in [-0.3, -0.25) is 4.79 Å². The van der Waals surface area contributed by atoms with E-state index in [-0.39, 0.29) is 17.3 Å². The number of carbonyl (C=O) groups is 1. The lowest BCUT2D eigenvalue weighted by atomic mass is 10.2. The van der Waals surface area contributed by atoms with Crippen LogP contribution in [0.5, 0.6) is 0 Å². The SMILES string of the molecule is CCCNC(=O)c1ccc(S(=O)(=O)NCCc2cccc(Cl)c2)cc1. The van der Waals surface area contributed by atoms with Crippen molar-refractivity contribution in [3.05, 3.63) is 64.7 Å². The summed E-state index contributed by atoms with van der Waals surface area (Å²) in [5.74, 6) is -0.209. The third-order valence-corrected chi connectivity index (χ3v) is 5.27. The lowest BCUT2D eigenvalue weighted by molar-refractivity contribution is 0.0953. The van der Waals surface area contributed by atoms with Gasteiger partial charge in [-0.2, -0.15) is 0 Å². The molecule has 2 aromatic carbocycles. The van der Waals surface area contributed by atoms with Crippen molar-refractivity contribution in [2.75, 3.05) is 13.1 Å². The summed E-state index contributed by atoms with van der Waals surface area (Å²) in [6, 6.07) is 13.2. The summed E-state index contributed by atoms with van der Waals surface area (Å²) >= 11 is 5.91. The summed E-state index contributed by atoms with van der Waals surface area (Å²) in [4.78, 5) is 12.0. The van der Waals surface area contributed by atoms with Crippen LogP contribution in [0.3, 0.4) is 0 Å². The van der Waals surface area contributed by atoms with Gasteiger partial charge in [-0.1, -0.05) is 30.7 Å². The number of hydrogen-bond donors (Lipinski definition) is 2. The maximum absolute atomic E-state index is 12.3. The smallest absolute Gasteiger partial charge is 0.251 e. The van der Waals surface area contributed by atoms with Crippen molar-refractivity contribution in [2.45, 2.75) is 24.7 Å². The quantitative estimate of drug-likeness (QED) is 0.739. The molecule has 0 radical (unpaired) electrons. The fourth-order valence-electron chi connectivity index (χ4n) is 2.23. The molecule has 0 aliphatic rings. The lowest BCUT2D eigenvalue weighted by Gasteiger charge is -2.08. The molecular formula is C18H21ClN2O3S. The Balaban J connectivity index is 1.96. The predicted molar refractivity (Wildman–Crippen MR) is 99.4 cm³/mol. The monoisotopic (exact) mass is 380 g/mol. The molecule has 0 bridgehead atoms. The van der Waals surface area contributed by atoms with E-state index in [1.54, 1.807) is 12.1 Å². The molecule has 0 spiro atoms. The van der Waals surface area contributed by atoms with Gasteiger partial charge in [-0.25, -0.2) is 13.1 Å². The van der Waals surface area contributed by atoms with Gasteiger partial charge in [0.05, 0.1) is 4.90 Å². The van der Waals surface area contributed by atoms with Crippen molar-refractivity contribution in [3.63, 3.8) is 0 Å². The number of benzene rings is 2. The number of nitrogens with one attached hydrogen (secondary N) is 2. The first-order valence-electron chi connectivity index (χ1n) is 8.05. The average Bonchev–Trinajstić information content (AvgIpc) is 2.59. The van der Waals surface area contributed by atoms with E-state index >= 15 is 0 Å². The van der Waals surface area contributed by atoms with E-state index in [1.165, 1.54) is 24.3 Å². The van der Waals surface area contributed by atoms with Crippen LogP contribution in [0, 0.1) is 0 Å². The molecule has 0 saturated carbocycles. The van der Waals surface area contributed by atoms with Crippen LogP contribution >= 0.6 is 11.6 Å². The first kappa shape index (κ1) is 19.4. The maximum atomic E-state index is 12.3. The van der Waals surface area contributed by atoms with Gasteiger partial charge in [-0.05, 0) is 54.8 Å². The van der Waals surface area contributed by atoms with Crippen molar-refractivity contribution in [1.29, 1.82) is 0 Å². The molecule has 2 N–H and O–H groups in total. The van der Waals surface area contributed by atoms with Gasteiger partial charge in [0.2, 0.25) is 10.0 Å². The molecule has 2 rings (SSSR count). The fraction of sp³-hybridized carbons (Fsp3) is 0.278. The molecule has 5 nitrogen and oxygen atoms in total. The van der Waals surface area contributed by atoms with Crippen molar-refractivity contribution >= 4 is 27.5 Å². The van der Waals surface area contributed by atoms with Crippen LogP contribution < -0.4 is 10.0 Å². The number of halogens is 1. The zero-order valence-corrected chi connectivity index (χ0v) is 15.5. The molecule has 0 heterocycles. The fourth-order valence-corrected chi connectivity index (χ4v) is 3.48. The Labute approximate surface area is 153 Å². The summed E-state index contributed by atoms with van der Waals surface area (Å²) in [5, 5.41) is 3.37. The maximum Gasteiger partial charge on any atom is 0.251 e. The third-order valence-electron chi connectivity index (χ3n) is 3.56. The summed E-state index contributed by atoms with van der Waals surface area (Å²) in [6.45, 7) is 2.82. The molecular weight excluding hydrogens is 360 g/mol. The van der Waals surface area contributed by atoms with E-state index in [0.29, 0.717) is 23.6 Å². The van der Waals surface area contributed by atoms with Gasteiger partial charge < -0.3 is 5.32 Å². The number of carbonyl (C=O) groups excluding carboxylic acids is 1. The van der Waals surface area contributed by atoms with E-state index < -0.39 is 10.0 Å². The van der Waals surface area contributed by atoms with E-state index in [1.807, 2.05) is 19.1 Å². The van der Waals surface area contributed by atoms with Gasteiger partial charge in [0, 0.05) is 23.7 Å². The van der Waals surface area contributed by atoms with Crippen LogP contribution in [-0.4, -0.2) is 27.4 Å². The Morgan fingerprint density at radius 1 is 1.08 bits per heavy atom. The molecule has 2 aromatic rings. The topological polar surface area (TPSA) is 75.3 Å². The highest BCUT2D eigenvalue weighted by Gasteiger charge is 2.14. The standard InChI is InChI=1S/C18H21ClN2O3S/c1-2-11-20-18(22)15-6-8-17(9-7-15)25(23,24)21-12-10-14-4-3-5-16(19)13-14/h3-9,13,21H,2,10-12H2,1H3,(H,20,22). The Bertz CT molecular complexity index is 820. The zero-order valence-electron chi connectivity index (χ0n) is 14.0. The summed E-state index contributed by atoms with van der Waals surface area (Å²) in [6.07, 6.45) is 1.38. The molecule has 0 aromatic heterocycles. The van der Waals surface area contributed by atoms with Crippen LogP contribution in [0.1, 0.15) is 29.3 Å². The highest BCUT2D eigenvalue weighted by Crippen LogP contribution is 2.13. The van der Waals surface area contributed by atoms with Gasteiger partial charge in [-0.15, -0.1) is 0 Å². The molecule has 1 amide bonds. The highest BCUT2D eigenvalue weighted by molar-refractivity contribution is 7.89. The Morgan fingerprint density at radius 2 is 1.80 bits per heavy atom. The minimum atomic E-state index is -3.61. The second kappa shape index (κ2) is 8.99. The van der Waals surface area contributed by atoms with Gasteiger partial charge in [0.25, 0.3) is 5.91 Å². The van der Waals surface area contributed by atoms with Crippen LogP contribution in [0.2, 0.25) is 5.02 Å². The molecule has 7 heteroatoms. The molecule has 25 heavy (non-hydrogen) atoms. The normalized spacial score (nSPS) is 11.3. The van der Waals surface area contributed by atoms with E-state index in [2.05, 4.69) is 10.0 Å². The van der Waals surface area contributed by atoms with Crippen molar-refractivity contribution in [2.24, 2.45) is 0 Å². The predicted octanol–water partition coefficient (Wildman–Crippen LogP) is 3.00. The summed E-state index contributed by atoms with van der Waals surface area (Å²) in [5.41, 5.74) is 1.39. The number of hydrogen-bond acceptors (Lipinski definition) is 3. The zero-order chi connectivity index (χ0) is 18.3. The van der Waals surface area contributed by atoms with E-state index in [9.17, 15) is 13.2 Å². The highest BCUT2D eigenvalue weighted by atomic mass is 35.5. The summed E-state index contributed by atoms with van der Waals surface area (Å²) < 4.78 is 27.2. The number of amides is 1. The minimum Gasteiger partial charge on any atom is -0.352 e. The first-order valence-corrected chi connectivity index (χ1v) is 9.91.